The normalized spacial score (nSPS) is 17.9. The molecule has 0 nitrogen and oxygen atoms in total. The average Bonchev–Trinajstić information content (AvgIpc) is 4.32. The number of hydrogen-bond donors (Lipinski definition) is 0. The second kappa shape index (κ2) is 29.6. The van der Waals surface area contributed by atoms with E-state index in [-0.39, 0.29) is 33.6 Å². The summed E-state index contributed by atoms with van der Waals surface area (Å²) in [6, 6.07) is 3.19. The van der Waals surface area contributed by atoms with Crippen LogP contribution >= 0.6 is 0 Å². The summed E-state index contributed by atoms with van der Waals surface area (Å²) in [4.78, 5) is 0. The molecule has 4 unspecified atom stereocenters. The molecule has 10 rings (SSSR count). The molecule has 0 spiro atoms. The summed E-state index contributed by atoms with van der Waals surface area (Å²) in [5, 5.41) is 0. The first kappa shape index (κ1) is 74.2. The first-order chi connectivity index (χ1) is 40.2. The second-order valence-corrected chi connectivity index (χ2v) is 19.3. The Morgan fingerprint density at radius 2 is 0.500 bits per heavy atom. The van der Waals surface area contributed by atoms with Gasteiger partial charge in [0.05, 0.1) is 34.9 Å². The van der Waals surface area contributed by atoms with Crippen molar-refractivity contribution in [1.29, 1.82) is 0 Å². The molecule has 30 heteroatoms. The van der Waals surface area contributed by atoms with E-state index in [9.17, 15) is 122 Å². The van der Waals surface area contributed by atoms with Gasteiger partial charge in [0.1, 0.15) is 69.8 Å². The van der Waals surface area contributed by atoms with Crippen LogP contribution in [-0.2, 0) is 26.2 Å². The summed E-state index contributed by atoms with van der Waals surface area (Å²) in [5.41, 5.74) is -10.7. The molecule has 4 atom stereocenters. The Morgan fingerprint density at radius 1 is 0.307 bits per heavy atom. The third kappa shape index (κ3) is 13.6. The fraction of sp³-hybridized carbons (Fsp3) is 0.224. The van der Waals surface area contributed by atoms with Crippen molar-refractivity contribution >= 4 is 16.7 Å². The molecule has 4 aliphatic rings. The van der Waals surface area contributed by atoms with Gasteiger partial charge in [-0.1, -0.05) is 110 Å². The zero-order valence-electron chi connectivity index (χ0n) is 44.1. The van der Waals surface area contributed by atoms with Crippen LogP contribution in [0.5, 0.6) is 0 Å². The van der Waals surface area contributed by atoms with Crippen molar-refractivity contribution in [3.63, 3.8) is 0 Å². The van der Waals surface area contributed by atoms with Gasteiger partial charge in [-0.2, -0.15) is 0 Å². The van der Waals surface area contributed by atoms with E-state index >= 15 is 0 Å². The average molecular weight is 1380 g/mol. The zero-order chi connectivity index (χ0) is 64.6. The molecule has 0 aliphatic heterocycles. The summed E-state index contributed by atoms with van der Waals surface area (Å²) >= 11 is 0.917. The van der Waals surface area contributed by atoms with Crippen LogP contribution < -0.4 is 0 Å². The van der Waals surface area contributed by atoms with Crippen LogP contribution in [0.4, 0.5) is 122 Å². The van der Waals surface area contributed by atoms with Crippen LogP contribution in [-0.4, -0.2) is 16.7 Å². The van der Waals surface area contributed by atoms with E-state index in [4.69, 9.17) is 0 Å². The summed E-state index contributed by atoms with van der Waals surface area (Å²) < 4.78 is 362. The van der Waals surface area contributed by atoms with Crippen LogP contribution in [0.25, 0.3) is 33.4 Å². The number of halogens is 28. The SMILES string of the molecule is CC(C)(C1CCCC1)C1C2C=CC=CC2C2C=CC=CC21.Fc1[c-]c(-c2c(F)c(F)c(F)c(F)c2F)c(F)c(F)c1F.Fc1[c-]c(-c2c(F)c(F)c(F)c(F)c2F)c(F)c(F)c1F.Fc1[c-]c(-c2c(F)c(F)c(F)c(F)c2F)c(F)c(F)c1F.[CH3-].[F][Al+2].[Zr+4]. The third-order valence-electron chi connectivity index (χ3n) is 14.5. The molecule has 0 bridgehead atoms. The number of allylic oxidation sites excluding steroid dienone is 8. The molecule has 0 saturated heterocycles. The second-order valence-electron chi connectivity index (χ2n) is 19.3. The third-order valence-corrected chi connectivity index (χ3v) is 14.5. The topological polar surface area (TPSA) is 0 Å². The first-order valence-electron chi connectivity index (χ1n) is 24.0. The number of rotatable bonds is 5. The summed E-state index contributed by atoms with van der Waals surface area (Å²) in [6.07, 6.45) is 25.0. The van der Waals surface area contributed by atoms with Gasteiger partial charge in [-0.25, -0.2) is 92.2 Å². The molecule has 0 heterocycles. The predicted octanol–water partition coefficient (Wildman–Crippen LogP) is 19.3. The van der Waals surface area contributed by atoms with E-state index < -0.39 is 190 Å². The Bertz CT molecular complexity index is 3330. The molecule has 88 heavy (non-hydrogen) atoms. The Morgan fingerprint density at radius 3 is 0.727 bits per heavy atom. The fourth-order valence-corrected chi connectivity index (χ4v) is 10.5. The van der Waals surface area contributed by atoms with Gasteiger partial charge >= 0.3 is 46.5 Å². The molecule has 0 N–H and O–H groups in total. The monoisotopic (exact) mass is 1380 g/mol. The Labute approximate surface area is 508 Å². The van der Waals surface area contributed by atoms with Crippen LogP contribution in [0.3, 0.4) is 0 Å². The molecule has 6 aromatic carbocycles. The molecular formula is C58H31AlF28Zr+2. The molecule has 0 radical (unpaired) electrons. The molecule has 0 amide bonds. The first-order valence-corrected chi connectivity index (χ1v) is 24.4. The van der Waals surface area contributed by atoms with E-state index in [1.54, 1.807) is 0 Å². The maximum Gasteiger partial charge on any atom is 4.00 e. The Balaban J connectivity index is 0.000000247. The van der Waals surface area contributed by atoms with Crippen LogP contribution in [0.15, 0.2) is 48.6 Å². The van der Waals surface area contributed by atoms with Crippen molar-refractivity contribution in [2.24, 2.45) is 40.9 Å². The van der Waals surface area contributed by atoms with E-state index in [2.05, 4.69) is 62.5 Å². The van der Waals surface area contributed by atoms with Crippen molar-refractivity contribution in [3.8, 4) is 33.4 Å². The van der Waals surface area contributed by atoms with Crippen molar-refractivity contribution in [1.82, 2.24) is 0 Å². The van der Waals surface area contributed by atoms with Crippen LogP contribution in [0.1, 0.15) is 39.5 Å². The molecular weight excluding hydrogens is 1350 g/mol. The van der Waals surface area contributed by atoms with Crippen molar-refractivity contribution in [2.75, 3.05) is 0 Å². The molecule has 2 saturated carbocycles. The zero-order valence-corrected chi connectivity index (χ0v) is 47.7. The van der Waals surface area contributed by atoms with Gasteiger partial charge in [0, 0.05) is 0 Å². The van der Waals surface area contributed by atoms with Gasteiger partial charge in [-0.15, -0.1) is 0 Å². The standard InChI is InChI=1S/C21H28.3C12F9.CH3.Al.FH.Zr/c1-21(2,15-9-3-4-10-15)20-18-13-7-5-11-16(18)17-12-6-8-14-19(17)20;3*13-3-1-2(5(14)9(18)6(3)15)4-7(16)10(19)12(21)11(20)8(4)17;;;;/h5-8,11-20H,3-4,9-10H2,1-2H3;;;;1H3;;1H;/q;4*-1;+3;;+4/p-1. The van der Waals surface area contributed by atoms with E-state index in [1.807, 2.05) is 0 Å². The minimum Gasteiger partial charge on any atom is 4.00 e. The van der Waals surface area contributed by atoms with E-state index in [0.29, 0.717) is 5.41 Å². The van der Waals surface area contributed by atoms with Crippen molar-refractivity contribution in [2.45, 2.75) is 39.5 Å². The molecule has 6 aromatic rings. The minimum absolute atomic E-state index is 0. The number of hydrogen-bond acceptors (Lipinski definition) is 0. The van der Waals surface area contributed by atoms with Gasteiger partial charge in [0.25, 0.3) is 0 Å². The van der Waals surface area contributed by atoms with Crippen LogP contribution in [0, 0.1) is 224 Å². The maximum absolute atomic E-state index is 13.4. The van der Waals surface area contributed by atoms with E-state index in [1.165, 1.54) is 25.7 Å². The van der Waals surface area contributed by atoms with Gasteiger partial charge in [0.15, 0.2) is 52.4 Å². The molecule has 4 aliphatic carbocycles. The molecule has 464 valence electrons. The van der Waals surface area contributed by atoms with Gasteiger partial charge in [-0.3, -0.25) is 26.3 Å². The Hall–Kier alpha value is -6.26. The number of benzene rings is 6. The van der Waals surface area contributed by atoms with Gasteiger partial charge in [-0.05, 0) is 70.5 Å². The largest absolute Gasteiger partial charge is 4.00 e. The predicted molar refractivity (Wildman–Crippen MR) is 254 cm³/mol. The smallest absolute Gasteiger partial charge is 4.00 e. The summed E-state index contributed by atoms with van der Waals surface area (Å²) in [7, 11) is 0. The minimum atomic E-state index is -2.54. The maximum atomic E-state index is 13.4. The molecule has 2 fully saturated rings. The quantitative estimate of drug-likeness (QED) is 0.0531. The Kier molecular flexibility index (Phi) is 24.9. The van der Waals surface area contributed by atoms with Crippen LogP contribution in [0.2, 0.25) is 0 Å². The van der Waals surface area contributed by atoms with Gasteiger partial charge in [0.2, 0.25) is 0 Å². The fourth-order valence-electron chi connectivity index (χ4n) is 10.5. The van der Waals surface area contributed by atoms with Crippen molar-refractivity contribution in [3.05, 3.63) is 231 Å². The molecule has 0 aromatic heterocycles. The van der Waals surface area contributed by atoms with Crippen molar-refractivity contribution < 1.29 is 148 Å². The van der Waals surface area contributed by atoms with E-state index in [0.717, 1.165) is 70.5 Å². The summed E-state index contributed by atoms with van der Waals surface area (Å²) in [6.45, 7) is 5.15. The summed E-state index contributed by atoms with van der Waals surface area (Å²) in [5.74, 6) is -61.0. The number of fused-ring (bicyclic) bond motifs is 3. The van der Waals surface area contributed by atoms with Gasteiger partial charge < -0.3 is 7.43 Å².